The summed E-state index contributed by atoms with van der Waals surface area (Å²) in [5.41, 5.74) is 5.95. The topological polar surface area (TPSA) is 38.5 Å². The Balaban J connectivity index is 2.29. The molecule has 78 valence electrons. The van der Waals surface area contributed by atoms with Crippen molar-refractivity contribution in [1.82, 2.24) is 4.90 Å². The van der Waals surface area contributed by atoms with Gasteiger partial charge in [0.1, 0.15) is 0 Å². The first-order valence-electron chi connectivity index (χ1n) is 5.14. The van der Waals surface area contributed by atoms with Gasteiger partial charge in [0, 0.05) is 26.2 Å². The maximum absolute atomic E-state index is 5.95. The highest BCUT2D eigenvalue weighted by Gasteiger charge is 2.23. The van der Waals surface area contributed by atoms with Crippen molar-refractivity contribution in [3.8, 4) is 0 Å². The smallest absolute Gasteiger partial charge is 0.0670 e. The lowest BCUT2D eigenvalue weighted by Crippen LogP contribution is -2.47. The van der Waals surface area contributed by atoms with E-state index in [0.717, 1.165) is 26.1 Å². The van der Waals surface area contributed by atoms with Crippen LogP contribution in [-0.2, 0) is 4.74 Å². The molecule has 1 heterocycles. The molecule has 3 atom stereocenters. The number of rotatable bonds is 3. The molecule has 1 aliphatic rings. The molecule has 13 heavy (non-hydrogen) atoms. The second kappa shape index (κ2) is 4.94. The fraction of sp³-hybridized carbons (Fsp3) is 1.00. The molecule has 0 saturated carbocycles. The van der Waals surface area contributed by atoms with Gasteiger partial charge in [-0.25, -0.2) is 0 Å². The summed E-state index contributed by atoms with van der Waals surface area (Å²) >= 11 is 0. The summed E-state index contributed by atoms with van der Waals surface area (Å²) in [6, 6.07) is 0.397. The maximum atomic E-state index is 5.95. The number of nitrogens with zero attached hydrogens (tertiary/aromatic N) is 1. The molecule has 0 aromatic rings. The van der Waals surface area contributed by atoms with Crippen LogP contribution in [-0.4, -0.2) is 43.8 Å². The fourth-order valence-electron chi connectivity index (χ4n) is 1.85. The molecule has 3 heteroatoms. The number of methoxy groups -OCH3 is 1. The van der Waals surface area contributed by atoms with E-state index in [0.29, 0.717) is 18.1 Å². The number of piperidine rings is 1. The van der Waals surface area contributed by atoms with Gasteiger partial charge in [-0.1, -0.05) is 6.92 Å². The van der Waals surface area contributed by atoms with Crippen molar-refractivity contribution in [2.45, 2.75) is 32.4 Å². The molecule has 3 nitrogen and oxygen atoms in total. The third-order valence-corrected chi connectivity index (χ3v) is 2.97. The highest BCUT2D eigenvalue weighted by atomic mass is 16.5. The highest BCUT2D eigenvalue weighted by molar-refractivity contribution is 4.80. The Labute approximate surface area is 81.2 Å². The molecule has 0 aromatic carbocycles. The van der Waals surface area contributed by atoms with E-state index in [-0.39, 0.29) is 0 Å². The van der Waals surface area contributed by atoms with Crippen LogP contribution < -0.4 is 5.73 Å². The van der Waals surface area contributed by atoms with Crippen molar-refractivity contribution < 1.29 is 4.74 Å². The Morgan fingerprint density at radius 2 is 2.31 bits per heavy atom. The summed E-state index contributed by atoms with van der Waals surface area (Å²) < 4.78 is 5.24. The molecule has 1 saturated heterocycles. The number of ether oxygens (including phenoxy) is 1. The zero-order valence-corrected chi connectivity index (χ0v) is 8.99. The standard InChI is InChI=1S/C10H22N2O/c1-8-6-12(5-4-10(8)11)7-9(2)13-3/h8-10H,4-7,11H2,1-3H3. The zero-order chi connectivity index (χ0) is 9.84. The molecule has 2 N–H and O–H groups in total. The Morgan fingerprint density at radius 1 is 1.62 bits per heavy atom. The van der Waals surface area contributed by atoms with Gasteiger partial charge in [0.05, 0.1) is 6.10 Å². The Kier molecular flexibility index (Phi) is 4.16. The molecule has 1 fully saturated rings. The summed E-state index contributed by atoms with van der Waals surface area (Å²) in [5, 5.41) is 0. The van der Waals surface area contributed by atoms with Crippen LogP contribution in [0.15, 0.2) is 0 Å². The minimum Gasteiger partial charge on any atom is -0.380 e. The Morgan fingerprint density at radius 3 is 2.85 bits per heavy atom. The quantitative estimate of drug-likeness (QED) is 0.705. The predicted molar refractivity (Wildman–Crippen MR) is 54.7 cm³/mol. The van der Waals surface area contributed by atoms with Crippen LogP contribution in [0.25, 0.3) is 0 Å². The van der Waals surface area contributed by atoms with E-state index < -0.39 is 0 Å². The number of hydrogen-bond donors (Lipinski definition) is 1. The lowest BCUT2D eigenvalue weighted by Gasteiger charge is -2.36. The molecule has 0 radical (unpaired) electrons. The maximum Gasteiger partial charge on any atom is 0.0670 e. The molecule has 1 rings (SSSR count). The van der Waals surface area contributed by atoms with E-state index in [2.05, 4.69) is 18.7 Å². The monoisotopic (exact) mass is 186 g/mol. The molecule has 0 aromatic heterocycles. The summed E-state index contributed by atoms with van der Waals surface area (Å²) in [5.74, 6) is 0.623. The van der Waals surface area contributed by atoms with E-state index in [1.54, 1.807) is 7.11 Å². The van der Waals surface area contributed by atoms with Crippen molar-refractivity contribution in [1.29, 1.82) is 0 Å². The average Bonchev–Trinajstić information content (AvgIpc) is 2.11. The number of nitrogens with two attached hydrogens (primary N) is 1. The lowest BCUT2D eigenvalue weighted by atomic mass is 9.95. The fourth-order valence-corrected chi connectivity index (χ4v) is 1.85. The van der Waals surface area contributed by atoms with Crippen LogP contribution in [0.4, 0.5) is 0 Å². The molecule has 3 unspecified atom stereocenters. The summed E-state index contributed by atoms with van der Waals surface area (Å²) in [6.45, 7) is 7.62. The molecule has 1 aliphatic heterocycles. The van der Waals surface area contributed by atoms with Gasteiger partial charge in [-0.2, -0.15) is 0 Å². The second-order valence-electron chi connectivity index (χ2n) is 4.24. The van der Waals surface area contributed by atoms with Gasteiger partial charge < -0.3 is 15.4 Å². The molecular weight excluding hydrogens is 164 g/mol. The normalized spacial score (nSPS) is 33.2. The Hall–Kier alpha value is -0.120. The Bertz CT molecular complexity index is 150. The number of likely N-dealkylation sites (tertiary alicyclic amines) is 1. The third kappa shape index (κ3) is 3.25. The van der Waals surface area contributed by atoms with Crippen LogP contribution in [0.3, 0.4) is 0 Å². The summed E-state index contributed by atoms with van der Waals surface area (Å²) in [7, 11) is 1.77. The second-order valence-corrected chi connectivity index (χ2v) is 4.24. The van der Waals surface area contributed by atoms with Gasteiger partial charge >= 0.3 is 0 Å². The highest BCUT2D eigenvalue weighted by Crippen LogP contribution is 2.15. The summed E-state index contributed by atoms with van der Waals surface area (Å²) in [6.07, 6.45) is 1.46. The van der Waals surface area contributed by atoms with Gasteiger partial charge in [-0.05, 0) is 25.8 Å². The van der Waals surface area contributed by atoms with E-state index in [4.69, 9.17) is 10.5 Å². The van der Waals surface area contributed by atoms with Crippen molar-refractivity contribution in [2.24, 2.45) is 11.7 Å². The van der Waals surface area contributed by atoms with E-state index in [1.807, 2.05) is 0 Å². The van der Waals surface area contributed by atoms with Gasteiger partial charge in [-0.15, -0.1) is 0 Å². The zero-order valence-electron chi connectivity index (χ0n) is 8.99. The molecule has 0 aliphatic carbocycles. The van der Waals surface area contributed by atoms with Crippen LogP contribution in [0, 0.1) is 5.92 Å². The SMILES string of the molecule is COC(C)CN1CCC(N)C(C)C1. The average molecular weight is 186 g/mol. The van der Waals surface area contributed by atoms with Crippen molar-refractivity contribution in [3.05, 3.63) is 0 Å². The van der Waals surface area contributed by atoms with E-state index in [1.165, 1.54) is 0 Å². The summed E-state index contributed by atoms with van der Waals surface area (Å²) in [4.78, 5) is 2.45. The van der Waals surface area contributed by atoms with Crippen LogP contribution >= 0.6 is 0 Å². The van der Waals surface area contributed by atoms with Crippen LogP contribution in [0.1, 0.15) is 20.3 Å². The van der Waals surface area contributed by atoms with Crippen LogP contribution in [0.2, 0.25) is 0 Å². The van der Waals surface area contributed by atoms with Crippen LogP contribution in [0.5, 0.6) is 0 Å². The minimum absolute atomic E-state index is 0.335. The molecule has 0 bridgehead atoms. The largest absolute Gasteiger partial charge is 0.380 e. The lowest BCUT2D eigenvalue weighted by molar-refractivity contribution is 0.0573. The van der Waals surface area contributed by atoms with E-state index in [9.17, 15) is 0 Å². The molecule has 0 spiro atoms. The molecule has 0 amide bonds. The van der Waals surface area contributed by atoms with Crippen molar-refractivity contribution in [3.63, 3.8) is 0 Å². The minimum atomic E-state index is 0.335. The van der Waals surface area contributed by atoms with Gasteiger partial charge in [0.15, 0.2) is 0 Å². The first-order chi connectivity index (χ1) is 6.13. The van der Waals surface area contributed by atoms with E-state index >= 15 is 0 Å². The number of hydrogen-bond acceptors (Lipinski definition) is 3. The first-order valence-corrected chi connectivity index (χ1v) is 5.14. The van der Waals surface area contributed by atoms with Gasteiger partial charge in [-0.3, -0.25) is 0 Å². The van der Waals surface area contributed by atoms with Gasteiger partial charge in [0.25, 0.3) is 0 Å². The predicted octanol–water partition coefficient (Wildman–Crippen LogP) is 0.690. The van der Waals surface area contributed by atoms with Gasteiger partial charge in [0.2, 0.25) is 0 Å². The van der Waals surface area contributed by atoms with Crippen molar-refractivity contribution in [2.75, 3.05) is 26.7 Å². The first kappa shape index (κ1) is 11.0. The molecular formula is C10H22N2O. The van der Waals surface area contributed by atoms with Crippen molar-refractivity contribution >= 4 is 0 Å². The third-order valence-electron chi connectivity index (χ3n) is 2.97.